The zero-order valence-corrected chi connectivity index (χ0v) is 9.19. The minimum Gasteiger partial charge on any atom is -0.388 e. The van der Waals surface area contributed by atoms with E-state index in [1.807, 2.05) is 11.5 Å². The van der Waals surface area contributed by atoms with Crippen LogP contribution in [-0.4, -0.2) is 19.9 Å². The average molecular weight is 197 g/mol. The van der Waals surface area contributed by atoms with Crippen molar-refractivity contribution in [3.8, 4) is 0 Å². The van der Waals surface area contributed by atoms with Crippen molar-refractivity contribution in [2.75, 3.05) is 0 Å². The number of aliphatic hydroxyl groups excluding tert-OH is 1. The smallest absolute Gasteiger partial charge is 0.158 e. The fraction of sp³-hybridized carbons (Fsp3) is 0.800. The van der Waals surface area contributed by atoms with Gasteiger partial charge in [0.2, 0.25) is 0 Å². The van der Waals surface area contributed by atoms with Crippen LogP contribution in [0.25, 0.3) is 0 Å². The molecule has 1 atom stereocenters. The lowest BCUT2D eigenvalue weighted by atomic mass is 10.1. The molecule has 0 aromatic carbocycles. The molecular weight excluding hydrogens is 178 g/mol. The van der Waals surface area contributed by atoms with E-state index < -0.39 is 0 Å². The second kappa shape index (κ2) is 5.10. The van der Waals surface area contributed by atoms with Gasteiger partial charge in [0.15, 0.2) is 5.82 Å². The monoisotopic (exact) mass is 197 g/mol. The van der Waals surface area contributed by atoms with E-state index in [4.69, 9.17) is 5.11 Å². The zero-order valence-electron chi connectivity index (χ0n) is 9.19. The molecule has 0 spiro atoms. The summed E-state index contributed by atoms with van der Waals surface area (Å²) in [6, 6.07) is 0. The maximum absolute atomic E-state index is 9.05. The molecular formula is C10H19N3O. The van der Waals surface area contributed by atoms with Gasteiger partial charge in [-0.15, -0.1) is 10.2 Å². The molecule has 80 valence electrons. The Hall–Kier alpha value is -0.900. The summed E-state index contributed by atoms with van der Waals surface area (Å²) in [6.07, 6.45) is 2.26. The highest BCUT2D eigenvalue weighted by atomic mass is 16.3. The van der Waals surface area contributed by atoms with Crippen molar-refractivity contribution >= 4 is 0 Å². The maximum Gasteiger partial charge on any atom is 0.158 e. The standard InChI is InChI=1S/C10H19N3O/c1-4-6-8(3)10-12-11-9(7-14)13(10)5-2/h8,14H,4-7H2,1-3H3. The second-order valence-corrected chi connectivity index (χ2v) is 3.57. The minimum atomic E-state index is -0.0281. The minimum absolute atomic E-state index is 0.0281. The number of aromatic nitrogens is 3. The van der Waals surface area contributed by atoms with Crippen molar-refractivity contribution in [1.82, 2.24) is 14.8 Å². The lowest BCUT2D eigenvalue weighted by molar-refractivity contribution is 0.264. The van der Waals surface area contributed by atoms with Crippen LogP contribution in [0.3, 0.4) is 0 Å². The molecule has 14 heavy (non-hydrogen) atoms. The van der Waals surface area contributed by atoms with Gasteiger partial charge in [-0.05, 0) is 13.3 Å². The molecule has 0 bridgehead atoms. The van der Waals surface area contributed by atoms with E-state index in [9.17, 15) is 0 Å². The van der Waals surface area contributed by atoms with Gasteiger partial charge in [-0.1, -0.05) is 20.3 Å². The van der Waals surface area contributed by atoms with E-state index in [0.29, 0.717) is 11.7 Å². The Labute approximate surface area is 85.0 Å². The first kappa shape index (κ1) is 11.2. The van der Waals surface area contributed by atoms with Gasteiger partial charge < -0.3 is 9.67 Å². The summed E-state index contributed by atoms with van der Waals surface area (Å²) in [5.74, 6) is 2.09. The first-order valence-corrected chi connectivity index (χ1v) is 5.27. The van der Waals surface area contributed by atoms with Gasteiger partial charge in [0.25, 0.3) is 0 Å². The van der Waals surface area contributed by atoms with Crippen LogP contribution >= 0.6 is 0 Å². The van der Waals surface area contributed by atoms with Gasteiger partial charge in [-0.2, -0.15) is 0 Å². The topological polar surface area (TPSA) is 50.9 Å². The molecule has 4 heteroatoms. The second-order valence-electron chi connectivity index (χ2n) is 3.57. The molecule has 1 unspecified atom stereocenters. The molecule has 0 fully saturated rings. The van der Waals surface area contributed by atoms with Crippen LogP contribution < -0.4 is 0 Å². The predicted octanol–water partition coefficient (Wildman–Crippen LogP) is 1.69. The highest BCUT2D eigenvalue weighted by Crippen LogP contribution is 2.19. The lowest BCUT2D eigenvalue weighted by Gasteiger charge is -2.11. The quantitative estimate of drug-likeness (QED) is 0.781. The summed E-state index contributed by atoms with van der Waals surface area (Å²) in [5, 5.41) is 17.2. The molecule has 0 saturated carbocycles. The van der Waals surface area contributed by atoms with Crippen LogP contribution in [0.2, 0.25) is 0 Å². The highest BCUT2D eigenvalue weighted by molar-refractivity contribution is 5.00. The normalized spacial score (nSPS) is 13.1. The molecule has 1 N–H and O–H groups in total. The molecule has 0 aliphatic rings. The summed E-state index contributed by atoms with van der Waals surface area (Å²) in [7, 11) is 0. The molecule has 1 heterocycles. The Bertz CT molecular complexity index is 283. The Kier molecular flexibility index (Phi) is 4.07. The van der Waals surface area contributed by atoms with Crippen LogP contribution in [0, 0.1) is 0 Å². The van der Waals surface area contributed by atoms with Gasteiger partial charge >= 0.3 is 0 Å². The van der Waals surface area contributed by atoms with E-state index in [0.717, 1.165) is 25.2 Å². The number of rotatable bonds is 5. The van der Waals surface area contributed by atoms with Crippen molar-refractivity contribution in [3.05, 3.63) is 11.6 Å². The van der Waals surface area contributed by atoms with Crippen molar-refractivity contribution in [3.63, 3.8) is 0 Å². The first-order chi connectivity index (χ1) is 6.74. The largest absolute Gasteiger partial charge is 0.388 e. The predicted molar refractivity (Wildman–Crippen MR) is 54.9 cm³/mol. The summed E-state index contributed by atoms with van der Waals surface area (Å²) >= 11 is 0. The van der Waals surface area contributed by atoms with Gasteiger partial charge in [0.1, 0.15) is 12.4 Å². The Morgan fingerprint density at radius 3 is 2.57 bits per heavy atom. The zero-order chi connectivity index (χ0) is 10.6. The van der Waals surface area contributed by atoms with Gasteiger partial charge in [-0.3, -0.25) is 0 Å². The lowest BCUT2D eigenvalue weighted by Crippen LogP contribution is -2.08. The summed E-state index contributed by atoms with van der Waals surface area (Å²) < 4.78 is 2.00. The molecule has 0 radical (unpaired) electrons. The van der Waals surface area contributed by atoms with Gasteiger partial charge in [0.05, 0.1) is 0 Å². The summed E-state index contributed by atoms with van der Waals surface area (Å²) in [4.78, 5) is 0. The van der Waals surface area contributed by atoms with Crippen LogP contribution in [0.15, 0.2) is 0 Å². The molecule has 1 aromatic rings. The van der Waals surface area contributed by atoms with Gasteiger partial charge in [-0.25, -0.2) is 0 Å². The first-order valence-electron chi connectivity index (χ1n) is 5.27. The molecule has 0 aliphatic carbocycles. The van der Waals surface area contributed by atoms with E-state index in [2.05, 4.69) is 24.0 Å². The van der Waals surface area contributed by atoms with Crippen molar-refractivity contribution < 1.29 is 5.11 Å². The Morgan fingerprint density at radius 1 is 1.36 bits per heavy atom. The van der Waals surface area contributed by atoms with E-state index in [1.54, 1.807) is 0 Å². The van der Waals surface area contributed by atoms with Crippen LogP contribution in [0.5, 0.6) is 0 Å². The van der Waals surface area contributed by atoms with Crippen molar-refractivity contribution in [1.29, 1.82) is 0 Å². The van der Waals surface area contributed by atoms with Gasteiger partial charge in [0, 0.05) is 12.5 Å². The third-order valence-corrected chi connectivity index (χ3v) is 2.48. The SMILES string of the molecule is CCCC(C)c1nnc(CO)n1CC. The van der Waals surface area contributed by atoms with Crippen LogP contribution in [0.4, 0.5) is 0 Å². The third-order valence-electron chi connectivity index (χ3n) is 2.48. The number of aliphatic hydroxyl groups is 1. The molecule has 0 amide bonds. The maximum atomic E-state index is 9.05. The van der Waals surface area contributed by atoms with Crippen LogP contribution in [-0.2, 0) is 13.2 Å². The fourth-order valence-corrected chi connectivity index (χ4v) is 1.74. The molecule has 0 saturated heterocycles. The van der Waals surface area contributed by atoms with E-state index >= 15 is 0 Å². The van der Waals surface area contributed by atoms with Crippen LogP contribution in [0.1, 0.15) is 51.2 Å². The Morgan fingerprint density at radius 2 is 2.07 bits per heavy atom. The van der Waals surface area contributed by atoms with E-state index in [1.165, 1.54) is 0 Å². The highest BCUT2D eigenvalue weighted by Gasteiger charge is 2.15. The summed E-state index contributed by atoms with van der Waals surface area (Å²) in [6.45, 7) is 7.16. The molecule has 1 rings (SSSR count). The fourth-order valence-electron chi connectivity index (χ4n) is 1.74. The Balaban J connectivity index is 2.90. The number of nitrogens with zero attached hydrogens (tertiary/aromatic N) is 3. The summed E-state index contributed by atoms with van der Waals surface area (Å²) in [5.41, 5.74) is 0. The van der Waals surface area contributed by atoms with E-state index in [-0.39, 0.29) is 6.61 Å². The number of hydrogen-bond acceptors (Lipinski definition) is 3. The van der Waals surface area contributed by atoms with Crippen molar-refractivity contribution in [2.24, 2.45) is 0 Å². The molecule has 1 aromatic heterocycles. The third kappa shape index (κ3) is 2.12. The average Bonchev–Trinajstić information content (AvgIpc) is 2.60. The number of hydrogen-bond donors (Lipinski definition) is 1. The van der Waals surface area contributed by atoms with Crippen molar-refractivity contribution in [2.45, 2.75) is 52.7 Å². The molecule has 0 aliphatic heterocycles. The molecule has 4 nitrogen and oxygen atoms in total.